The summed E-state index contributed by atoms with van der Waals surface area (Å²) in [6.07, 6.45) is 10.4. The molecule has 1 aromatic rings. The van der Waals surface area contributed by atoms with E-state index in [9.17, 15) is 19.5 Å². The van der Waals surface area contributed by atoms with Gasteiger partial charge in [-0.25, -0.2) is 0 Å². The maximum Gasteiger partial charge on any atom is 0.247 e. The highest BCUT2D eigenvalue weighted by molar-refractivity contribution is 8.02. The van der Waals surface area contributed by atoms with Crippen LogP contribution in [0.1, 0.15) is 19.3 Å². The first kappa shape index (κ1) is 28.5. The van der Waals surface area contributed by atoms with Crippen molar-refractivity contribution in [2.24, 2.45) is 11.8 Å². The number of carbonyl (C=O) groups is 3. The lowest BCUT2D eigenvalue weighted by molar-refractivity contribution is -0.142. The second kappa shape index (κ2) is 12.3. The Morgan fingerprint density at radius 3 is 2.49 bits per heavy atom. The molecule has 0 saturated carbocycles. The quantitative estimate of drug-likeness (QED) is 0.352. The van der Waals surface area contributed by atoms with Gasteiger partial charge in [-0.3, -0.25) is 19.3 Å². The molecule has 220 valence electrons. The molecule has 6 rings (SSSR count). The van der Waals surface area contributed by atoms with E-state index in [1.54, 1.807) is 21.6 Å². The van der Waals surface area contributed by atoms with E-state index in [0.717, 1.165) is 31.7 Å². The first-order valence-corrected chi connectivity index (χ1v) is 15.8. The molecule has 0 radical (unpaired) electrons. The van der Waals surface area contributed by atoms with E-state index in [1.165, 1.54) is 0 Å². The van der Waals surface area contributed by atoms with Gasteiger partial charge in [0.05, 0.1) is 29.8 Å². The molecular formula is C31H40N4O5S. The van der Waals surface area contributed by atoms with Crippen LogP contribution in [0.3, 0.4) is 0 Å². The van der Waals surface area contributed by atoms with Crippen LogP contribution in [0.4, 0.5) is 5.69 Å². The van der Waals surface area contributed by atoms with Crippen LogP contribution < -0.4 is 4.90 Å². The van der Waals surface area contributed by atoms with E-state index >= 15 is 0 Å². The monoisotopic (exact) mass is 580 g/mol. The average molecular weight is 581 g/mol. The summed E-state index contributed by atoms with van der Waals surface area (Å²) in [5, 5.41) is 9.12. The zero-order valence-corrected chi connectivity index (χ0v) is 24.3. The maximum absolute atomic E-state index is 14.4. The molecule has 3 fully saturated rings. The average Bonchev–Trinajstić information content (AvgIpc) is 3.31. The van der Waals surface area contributed by atoms with Gasteiger partial charge in [-0.15, -0.1) is 11.8 Å². The predicted molar refractivity (Wildman–Crippen MR) is 158 cm³/mol. The zero-order valence-electron chi connectivity index (χ0n) is 23.5. The number of unbranched alkanes of at least 4 members (excludes halogenated alkanes) is 2. The molecular weight excluding hydrogens is 540 g/mol. The summed E-state index contributed by atoms with van der Waals surface area (Å²) in [4.78, 5) is 50.8. The van der Waals surface area contributed by atoms with Gasteiger partial charge in [0.2, 0.25) is 17.7 Å². The number of carbonyl (C=O) groups excluding carboxylic acids is 3. The van der Waals surface area contributed by atoms with Crippen molar-refractivity contribution in [3.8, 4) is 0 Å². The van der Waals surface area contributed by atoms with Gasteiger partial charge in [0.25, 0.3) is 0 Å². The van der Waals surface area contributed by atoms with Crippen LogP contribution in [-0.4, -0.2) is 119 Å². The van der Waals surface area contributed by atoms with Crippen molar-refractivity contribution in [2.75, 3.05) is 70.5 Å². The van der Waals surface area contributed by atoms with Crippen molar-refractivity contribution in [3.63, 3.8) is 0 Å². The lowest BCUT2D eigenvalue weighted by atomic mass is 9.78. The summed E-state index contributed by atoms with van der Waals surface area (Å²) >= 11 is 1.63. The van der Waals surface area contributed by atoms with Crippen LogP contribution in [0.5, 0.6) is 0 Å². The number of morpholine rings is 1. The Kier molecular flexibility index (Phi) is 8.53. The van der Waals surface area contributed by atoms with Gasteiger partial charge in [0, 0.05) is 63.4 Å². The van der Waals surface area contributed by atoms with Crippen molar-refractivity contribution in [1.82, 2.24) is 14.7 Å². The fourth-order valence-corrected chi connectivity index (χ4v) is 9.13. The molecule has 1 spiro atoms. The largest absolute Gasteiger partial charge is 0.396 e. The number of hydrogen-bond donors (Lipinski definition) is 1. The molecule has 1 aromatic carbocycles. The number of thioether (sulfide) groups is 1. The molecule has 41 heavy (non-hydrogen) atoms. The van der Waals surface area contributed by atoms with E-state index in [0.29, 0.717) is 52.2 Å². The highest BCUT2D eigenvalue weighted by Gasteiger charge is 2.70. The summed E-state index contributed by atoms with van der Waals surface area (Å²) < 4.78 is 4.69. The van der Waals surface area contributed by atoms with Gasteiger partial charge in [0.15, 0.2) is 0 Å². The van der Waals surface area contributed by atoms with Gasteiger partial charge >= 0.3 is 0 Å². The van der Waals surface area contributed by atoms with E-state index in [-0.39, 0.29) is 29.6 Å². The number of para-hydroxylation sites is 1. The van der Waals surface area contributed by atoms with Crippen LogP contribution >= 0.6 is 11.8 Å². The number of amides is 3. The summed E-state index contributed by atoms with van der Waals surface area (Å²) in [5.74, 6) is -1.33. The number of likely N-dealkylation sites (tertiary alicyclic amines) is 1. The number of aliphatic hydroxyl groups is 1. The van der Waals surface area contributed by atoms with Crippen LogP contribution in [0.2, 0.25) is 0 Å². The molecule has 5 aliphatic rings. The Morgan fingerprint density at radius 2 is 1.71 bits per heavy atom. The molecule has 1 unspecified atom stereocenters. The van der Waals surface area contributed by atoms with Gasteiger partial charge in [0.1, 0.15) is 6.04 Å². The third kappa shape index (κ3) is 5.24. The van der Waals surface area contributed by atoms with Crippen molar-refractivity contribution in [3.05, 3.63) is 54.6 Å². The molecule has 1 N–H and O–H groups in total. The molecule has 0 bridgehead atoms. The Hall–Kier alpha value is -2.66. The molecule has 9 nitrogen and oxygen atoms in total. The Balaban J connectivity index is 1.31. The SMILES string of the molecule is O=C1C2N(CCCCCO)C(=O)[C@@H]3[C@H]4C(=O)N(c5ccccc5)CC=C[C@H]4S[C@]23C=CCN1CCN1CCOCC1. The minimum Gasteiger partial charge on any atom is -0.396 e. The molecule has 0 aliphatic carbocycles. The summed E-state index contributed by atoms with van der Waals surface area (Å²) in [7, 11) is 0. The molecule has 3 amide bonds. The topological polar surface area (TPSA) is 93.6 Å². The number of aliphatic hydroxyl groups excluding tert-OH is 1. The lowest BCUT2D eigenvalue weighted by Gasteiger charge is -2.36. The summed E-state index contributed by atoms with van der Waals surface area (Å²) in [5.41, 5.74) is 0.818. The predicted octanol–water partition coefficient (Wildman–Crippen LogP) is 1.78. The first-order valence-electron chi connectivity index (χ1n) is 14.9. The second-order valence-electron chi connectivity index (χ2n) is 11.5. The van der Waals surface area contributed by atoms with Crippen LogP contribution in [0, 0.1) is 11.8 Å². The number of anilines is 1. The van der Waals surface area contributed by atoms with Crippen molar-refractivity contribution in [1.29, 1.82) is 0 Å². The number of rotatable bonds is 9. The molecule has 5 aliphatic heterocycles. The molecule has 0 aromatic heterocycles. The highest BCUT2D eigenvalue weighted by atomic mass is 32.2. The lowest BCUT2D eigenvalue weighted by Crippen LogP contribution is -2.54. The second-order valence-corrected chi connectivity index (χ2v) is 13.0. The van der Waals surface area contributed by atoms with Gasteiger partial charge in [-0.2, -0.15) is 0 Å². The summed E-state index contributed by atoms with van der Waals surface area (Å²) in [6, 6.07) is 8.97. The number of ether oxygens (including phenoxy) is 1. The maximum atomic E-state index is 14.4. The number of benzene rings is 1. The standard InChI is InChI=1S/C31H40N4O5S/c36-20-6-2-5-14-35-27-30(39)33(17-16-32-18-21-40-22-19-32)13-8-12-31(27)26(29(35)38)25-24(41-31)11-7-15-34(28(25)37)23-9-3-1-4-10-23/h1,3-4,7-12,24-27,36H,2,5-6,13-22H2/t24-,25+,26+,27?,31+/m1/s1. The van der Waals surface area contributed by atoms with Crippen molar-refractivity contribution in [2.45, 2.75) is 35.3 Å². The Labute approximate surface area is 246 Å². The van der Waals surface area contributed by atoms with E-state index < -0.39 is 22.6 Å². The van der Waals surface area contributed by atoms with Crippen LogP contribution in [0.15, 0.2) is 54.6 Å². The van der Waals surface area contributed by atoms with Crippen molar-refractivity contribution >= 4 is 35.2 Å². The molecule has 5 heterocycles. The van der Waals surface area contributed by atoms with Gasteiger partial charge < -0.3 is 24.5 Å². The normalized spacial score (nSPS) is 31.7. The van der Waals surface area contributed by atoms with Gasteiger partial charge in [-0.05, 0) is 31.4 Å². The fourth-order valence-electron chi connectivity index (χ4n) is 7.12. The highest BCUT2D eigenvalue weighted by Crippen LogP contribution is 2.61. The van der Waals surface area contributed by atoms with E-state index in [2.05, 4.69) is 17.1 Å². The van der Waals surface area contributed by atoms with Crippen LogP contribution in [-0.2, 0) is 19.1 Å². The molecule has 5 atom stereocenters. The third-order valence-corrected chi connectivity index (χ3v) is 10.9. The summed E-state index contributed by atoms with van der Waals surface area (Å²) in [6.45, 7) is 5.99. The van der Waals surface area contributed by atoms with E-state index in [1.807, 2.05) is 47.4 Å². The number of nitrogens with zero attached hydrogens (tertiary/aromatic N) is 4. The Morgan fingerprint density at radius 1 is 0.902 bits per heavy atom. The number of hydrogen-bond acceptors (Lipinski definition) is 7. The van der Waals surface area contributed by atoms with Gasteiger partial charge in [-0.1, -0.05) is 42.5 Å². The van der Waals surface area contributed by atoms with E-state index in [4.69, 9.17) is 4.74 Å². The number of fused-ring (bicyclic) bond motifs is 2. The molecule has 3 saturated heterocycles. The minimum atomic E-state index is -0.798. The smallest absolute Gasteiger partial charge is 0.247 e. The third-order valence-electron chi connectivity index (χ3n) is 9.16. The van der Waals surface area contributed by atoms with Crippen LogP contribution in [0.25, 0.3) is 0 Å². The fraction of sp³-hybridized carbons (Fsp3) is 0.581. The Bertz CT molecular complexity index is 1190. The zero-order chi connectivity index (χ0) is 28.4. The minimum absolute atomic E-state index is 0.0263. The first-order chi connectivity index (χ1) is 20.0. The molecule has 10 heteroatoms. The van der Waals surface area contributed by atoms with Crippen molar-refractivity contribution < 1.29 is 24.2 Å².